The zero-order chi connectivity index (χ0) is 10.4. The van der Waals surface area contributed by atoms with Gasteiger partial charge in [0.25, 0.3) is 0 Å². The highest BCUT2D eigenvalue weighted by Gasteiger charge is 2.13. The third-order valence-corrected chi connectivity index (χ3v) is 1.78. The van der Waals surface area contributed by atoms with E-state index in [1.54, 1.807) is 12.1 Å². The van der Waals surface area contributed by atoms with Gasteiger partial charge in [0, 0.05) is 0 Å². The molecule has 0 aliphatic heterocycles. The minimum Gasteiger partial charge on any atom is -0.341 e. The van der Waals surface area contributed by atoms with Crippen molar-refractivity contribution in [2.24, 2.45) is 5.73 Å². The zero-order valence-corrected chi connectivity index (χ0v) is 7.60. The third-order valence-electron chi connectivity index (χ3n) is 1.78. The Bertz CT molecular complexity index is 342. The maximum atomic E-state index is 11.3. The summed E-state index contributed by atoms with van der Waals surface area (Å²) in [5.41, 5.74) is 6.40. The number of hydrogen-bond donors (Lipinski definition) is 2. The summed E-state index contributed by atoms with van der Waals surface area (Å²) in [6.07, 6.45) is 0. The fourth-order valence-corrected chi connectivity index (χ4v) is 1.05. The molecule has 3 N–H and O–H groups in total. The largest absolute Gasteiger partial charge is 0.341 e. The molecule has 0 spiro atoms. The quantitative estimate of drug-likeness (QED) is 0.672. The summed E-state index contributed by atoms with van der Waals surface area (Å²) in [7, 11) is 0. The lowest BCUT2D eigenvalue weighted by molar-refractivity contribution is -0.122. The lowest BCUT2D eigenvalue weighted by Gasteiger charge is -2.10. The number of carbonyl (C=O) groups is 1. The first-order chi connectivity index (χ1) is 6.75. The summed E-state index contributed by atoms with van der Waals surface area (Å²) in [5.74, 6) is -0.335. The van der Waals surface area contributed by atoms with Crippen molar-refractivity contribution in [2.75, 3.05) is 6.54 Å². The Morgan fingerprint density at radius 3 is 2.71 bits per heavy atom. The van der Waals surface area contributed by atoms with Gasteiger partial charge in [-0.1, -0.05) is 30.3 Å². The highest BCUT2D eigenvalue weighted by molar-refractivity contribution is 5.83. The van der Waals surface area contributed by atoms with E-state index in [4.69, 9.17) is 11.0 Å². The van der Waals surface area contributed by atoms with Crippen LogP contribution in [0.25, 0.3) is 0 Å². The van der Waals surface area contributed by atoms with Gasteiger partial charge in [-0.2, -0.15) is 5.26 Å². The molecule has 14 heavy (non-hydrogen) atoms. The summed E-state index contributed by atoms with van der Waals surface area (Å²) >= 11 is 0. The van der Waals surface area contributed by atoms with E-state index in [9.17, 15) is 4.79 Å². The maximum absolute atomic E-state index is 11.3. The minimum atomic E-state index is -0.704. The fourth-order valence-electron chi connectivity index (χ4n) is 1.05. The number of benzene rings is 1. The number of nitrogens with zero attached hydrogens (tertiary/aromatic N) is 1. The average molecular weight is 189 g/mol. The van der Waals surface area contributed by atoms with Crippen LogP contribution in [0.3, 0.4) is 0 Å². The summed E-state index contributed by atoms with van der Waals surface area (Å²) in [6, 6.07) is 10.1. The molecule has 4 heteroatoms. The Hall–Kier alpha value is -1.86. The molecule has 1 atom stereocenters. The molecule has 0 aromatic heterocycles. The van der Waals surface area contributed by atoms with Gasteiger partial charge in [0.15, 0.2) is 0 Å². The molecule has 0 unspecified atom stereocenters. The summed E-state index contributed by atoms with van der Waals surface area (Å²) in [6.45, 7) is -0.0145. The van der Waals surface area contributed by atoms with Crippen molar-refractivity contribution < 1.29 is 4.79 Å². The van der Waals surface area contributed by atoms with Crippen LogP contribution in [0, 0.1) is 11.3 Å². The van der Waals surface area contributed by atoms with Gasteiger partial charge >= 0.3 is 0 Å². The fraction of sp³-hybridized carbons (Fsp3) is 0.200. The maximum Gasteiger partial charge on any atom is 0.242 e. The van der Waals surface area contributed by atoms with E-state index in [2.05, 4.69) is 5.32 Å². The number of amides is 1. The van der Waals surface area contributed by atoms with E-state index in [0.717, 1.165) is 5.56 Å². The lowest BCUT2D eigenvalue weighted by atomic mass is 10.1. The van der Waals surface area contributed by atoms with E-state index >= 15 is 0 Å². The van der Waals surface area contributed by atoms with Gasteiger partial charge in [-0.05, 0) is 5.56 Å². The third kappa shape index (κ3) is 2.57. The molecule has 72 valence electrons. The molecule has 0 saturated heterocycles. The van der Waals surface area contributed by atoms with Crippen LogP contribution in [0.1, 0.15) is 11.6 Å². The second-order valence-corrected chi connectivity index (χ2v) is 2.76. The molecule has 1 aromatic carbocycles. The second kappa shape index (κ2) is 5.00. The van der Waals surface area contributed by atoms with Gasteiger partial charge < -0.3 is 11.1 Å². The molecule has 1 rings (SSSR count). The van der Waals surface area contributed by atoms with Crippen molar-refractivity contribution in [3.63, 3.8) is 0 Å². The standard InChI is InChI=1S/C10H11N3O/c11-6-7-13-10(14)9(12)8-4-2-1-3-5-8/h1-5,9H,7,12H2,(H,13,14)/t9-/m1/s1. The van der Waals surface area contributed by atoms with Crippen LogP contribution in [-0.2, 0) is 4.79 Å². The molecular formula is C10H11N3O. The highest BCUT2D eigenvalue weighted by atomic mass is 16.2. The van der Waals surface area contributed by atoms with E-state index in [0.29, 0.717) is 0 Å². The van der Waals surface area contributed by atoms with Crippen molar-refractivity contribution in [3.8, 4) is 6.07 Å². The van der Waals surface area contributed by atoms with Gasteiger partial charge in [0.1, 0.15) is 12.6 Å². The van der Waals surface area contributed by atoms with Crippen LogP contribution < -0.4 is 11.1 Å². The normalized spacial score (nSPS) is 11.4. The van der Waals surface area contributed by atoms with Crippen LogP contribution in [0.5, 0.6) is 0 Å². The molecule has 0 aliphatic rings. The number of rotatable bonds is 3. The summed E-state index contributed by atoms with van der Waals surface area (Å²) in [5, 5.41) is 10.7. The van der Waals surface area contributed by atoms with Crippen LogP contribution in [0.4, 0.5) is 0 Å². The van der Waals surface area contributed by atoms with Gasteiger partial charge in [-0.3, -0.25) is 4.79 Å². The predicted molar refractivity (Wildman–Crippen MR) is 52.0 cm³/mol. The Labute approximate surface area is 82.3 Å². The monoisotopic (exact) mass is 189 g/mol. The van der Waals surface area contributed by atoms with Crippen molar-refractivity contribution in [2.45, 2.75) is 6.04 Å². The van der Waals surface area contributed by atoms with Crippen LogP contribution in [0.2, 0.25) is 0 Å². The predicted octanol–water partition coefficient (Wildman–Crippen LogP) is 0.326. The van der Waals surface area contributed by atoms with Crippen molar-refractivity contribution in [1.82, 2.24) is 5.32 Å². The van der Waals surface area contributed by atoms with Crippen LogP contribution in [-0.4, -0.2) is 12.5 Å². The highest BCUT2D eigenvalue weighted by Crippen LogP contribution is 2.08. The molecular weight excluding hydrogens is 178 g/mol. The van der Waals surface area contributed by atoms with E-state index < -0.39 is 6.04 Å². The number of nitrogens with one attached hydrogen (secondary N) is 1. The van der Waals surface area contributed by atoms with Crippen molar-refractivity contribution >= 4 is 5.91 Å². The van der Waals surface area contributed by atoms with E-state index in [1.165, 1.54) is 0 Å². The SMILES string of the molecule is N#CCNC(=O)[C@H](N)c1ccccc1. The topological polar surface area (TPSA) is 78.9 Å². The molecule has 1 aromatic rings. The molecule has 0 saturated carbocycles. The van der Waals surface area contributed by atoms with Gasteiger partial charge in [-0.25, -0.2) is 0 Å². The first-order valence-corrected chi connectivity index (χ1v) is 4.21. The second-order valence-electron chi connectivity index (χ2n) is 2.76. The lowest BCUT2D eigenvalue weighted by Crippen LogP contribution is -2.34. The molecule has 0 heterocycles. The van der Waals surface area contributed by atoms with Gasteiger partial charge in [0.05, 0.1) is 6.07 Å². The Morgan fingerprint density at radius 2 is 2.14 bits per heavy atom. The van der Waals surface area contributed by atoms with E-state index in [-0.39, 0.29) is 12.5 Å². The average Bonchev–Trinajstić information content (AvgIpc) is 2.26. The minimum absolute atomic E-state index is 0.0145. The van der Waals surface area contributed by atoms with E-state index in [1.807, 2.05) is 24.3 Å². The Morgan fingerprint density at radius 1 is 1.50 bits per heavy atom. The number of hydrogen-bond acceptors (Lipinski definition) is 3. The van der Waals surface area contributed by atoms with Crippen LogP contribution >= 0.6 is 0 Å². The molecule has 0 radical (unpaired) electrons. The first kappa shape index (κ1) is 10.2. The molecule has 4 nitrogen and oxygen atoms in total. The van der Waals surface area contributed by atoms with Gasteiger partial charge in [0.2, 0.25) is 5.91 Å². The first-order valence-electron chi connectivity index (χ1n) is 4.21. The molecule has 0 fully saturated rings. The molecule has 0 aliphatic carbocycles. The number of nitriles is 1. The number of nitrogens with two attached hydrogens (primary N) is 1. The molecule has 0 bridgehead atoms. The van der Waals surface area contributed by atoms with Crippen LogP contribution in [0.15, 0.2) is 30.3 Å². The summed E-state index contributed by atoms with van der Waals surface area (Å²) < 4.78 is 0. The summed E-state index contributed by atoms with van der Waals surface area (Å²) in [4.78, 5) is 11.3. The van der Waals surface area contributed by atoms with Crippen molar-refractivity contribution in [3.05, 3.63) is 35.9 Å². The van der Waals surface area contributed by atoms with Gasteiger partial charge in [-0.15, -0.1) is 0 Å². The molecule has 1 amide bonds. The Kier molecular flexibility index (Phi) is 3.65. The van der Waals surface area contributed by atoms with Crippen molar-refractivity contribution in [1.29, 1.82) is 5.26 Å². The Balaban J connectivity index is 2.62. The number of carbonyl (C=O) groups excluding carboxylic acids is 1. The smallest absolute Gasteiger partial charge is 0.242 e. The zero-order valence-electron chi connectivity index (χ0n) is 7.60.